The fourth-order valence-corrected chi connectivity index (χ4v) is 5.25. The van der Waals surface area contributed by atoms with Gasteiger partial charge in [-0.05, 0) is 37.0 Å². The average molecular weight is 391 g/mol. The highest BCUT2D eigenvalue weighted by molar-refractivity contribution is 7.07. The molecule has 28 heavy (non-hydrogen) atoms. The van der Waals surface area contributed by atoms with Crippen molar-refractivity contribution in [3.05, 3.63) is 91.0 Å². The maximum absolute atomic E-state index is 13.4. The summed E-state index contributed by atoms with van der Waals surface area (Å²) in [6.45, 7) is 2.80. The molecular weight excluding hydrogens is 368 g/mol. The highest BCUT2D eigenvalue weighted by Gasteiger charge is 2.39. The zero-order chi connectivity index (χ0) is 19.1. The number of fused-ring (bicyclic) bond motifs is 2. The number of hydrogen-bond acceptors (Lipinski definition) is 4. The van der Waals surface area contributed by atoms with Gasteiger partial charge in [-0.15, -0.1) is 0 Å². The van der Waals surface area contributed by atoms with Crippen molar-refractivity contribution >= 4 is 17.4 Å². The van der Waals surface area contributed by atoms with Crippen molar-refractivity contribution < 1.29 is 4.74 Å². The summed E-state index contributed by atoms with van der Waals surface area (Å²) in [5, 5.41) is 0. The first-order chi connectivity index (χ1) is 13.7. The van der Waals surface area contributed by atoms with Gasteiger partial charge in [-0.3, -0.25) is 9.36 Å². The quantitative estimate of drug-likeness (QED) is 0.675. The van der Waals surface area contributed by atoms with Gasteiger partial charge in [0, 0.05) is 12.5 Å². The van der Waals surface area contributed by atoms with E-state index in [0.717, 1.165) is 39.9 Å². The Hall–Kier alpha value is -2.50. The molecule has 2 aliphatic rings. The van der Waals surface area contributed by atoms with Crippen molar-refractivity contribution in [3.8, 4) is 0 Å². The maximum Gasteiger partial charge on any atom is 0.270 e. The third-order valence-electron chi connectivity index (χ3n) is 5.61. The van der Waals surface area contributed by atoms with Crippen LogP contribution in [0.5, 0.6) is 0 Å². The Bertz CT molecular complexity index is 1160. The zero-order valence-electron chi connectivity index (χ0n) is 15.7. The average Bonchev–Trinajstić information content (AvgIpc) is 3.03. The third kappa shape index (κ3) is 3.05. The van der Waals surface area contributed by atoms with Gasteiger partial charge in [0.15, 0.2) is 11.0 Å². The largest absolute Gasteiger partial charge is 0.356 e. The van der Waals surface area contributed by atoms with Crippen LogP contribution in [0.4, 0.5) is 0 Å². The fourth-order valence-electron chi connectivity index (χ4n) is 4.22. The summed E-state index contributed by atoms with van der Waals surface area (Å²) in [6, 6.07) is 18.5. The van der Waals surface area contributed by atoms with E-state index in [1.54, 1.807) is 0 Å². The van der Waals surface area contributed by atoms with Crippen molar-refractivity contribution in [1.29, 1.82) is 0 Å². The molecule has 3 aromatic rings. The second-order valence-corrected chi connectivity index (χ2v) is 8.54. The van der Waals surface area contributed by atoms with Gasteiger partial charge in [0.1, 0.15) is 0 Å². The number of thiazole rings is 1. The van der Waals surface area contributed by atoms with Crippen LogP contribution in [0.25, 0.3) is 6.08 Å². The van der Waals surface area contributed by atoms with Crippen molar-refractivity contribution in [3.63, 3.8) is 0 Å². The SMILES string of the molecule is Cc1ccc(/C=c2\sc3n(c2=O)C(c2ccccc2)C2CCCOC2N=3)cc1. The van der Waals surface area contributed by atoms with E-state index in [2.05, 4.69) is 31.2 Å². The summed E-state index contributed by atoms with van der Waals surface area (Å²) < 4.78 is 8.61. The van der Waals surface area contributed by atoms with Crippen LogP contribution in [0.1, 0.15) is 35.6 Å². The molecule has 3 unspecified atom stereocenters. The number of hydrogen-bond donors (Lipinski definition) is 0. The molecule has 0 N–H and O–H groups in total. The van der Waals surface area contributed by atoms with E-state index in [1.807, 2.05) is 41.0 Å². The molecule has 1 saturated heterocycles. The molecule has 3 heterocycles. The fraction of sp³-hybridized carbons (Fsp3) is 0.304. The van der Waals surface area contributed by atoms with Crippen LogP contribution in [-0.4, -0.2) is 17.4 Å². The molecule has 3 atom stereocenters. The number of ether oxygens (including phenoxy) is 1. The molecule has 0 aliphatic carbocycles. The molecule has 4 nitrogen and oxygen atoms in total. The van der Waals surface area contributed by atoms with Crippen LogP contribution < -0.4 is 14.9 Å². The van der Waals surface area contributed by atoms with Crippen molar-refractivity contribution in [2.24, 2.45) is 10.9 Å². The number of benzene rings is 2. The van der Waals surface area contributed by atoms with Crippen molar-refractivity contribution in [1.82, 2.24) is 4.57 Å². The van der Waals surface area contributed by atoms with E-state index < -0.39 is 0 Å². The van der Waals surface area contributed by atoms with E-state index in [1.165, 1.54) is 16.9 Å². The van der Waals surface area contributed by atoms with Gasteiger partial charge < -0.3 is 4.74 Å². The summed E-state index contributed by atoms with van der Waals surface area (Å²) in [5.74, 6) is 0.197. The third-order valence-corrected chi connectivity index (χ3v) is 6.61. The van der Waals surface area contributed by atoms with Crippen LogP contribution >= 0.6 is 11.3 Å². The minimum absolute atomic E-state index is 0.0251. The Morgan fingerprint density at radius 2 is 1.93 bits per heavy atom. The molecule has 2 aliphatic heterocycles. The first kappa shape index (κ1) is 17.6. The number of aryl methyl sites for hydroxylation is 1. The van der Waals surface area contributed by atoms with E-state index in [9.17, 15) is 4.79 Å². The summed E-state index contributed by atoms with van der Waals surface area (Å²) in [6.07, 6.45) is 3.84. The molecule has 0 spiro atoms. The molecule has 0 amide bonds. The molecular formula is C23H22N2O2S. The lowest BCUT2D eigenvalue weighted by atomic mass is 9.85. The summed E-state index contributed by atoms with van der Waals surface area (Å²) in [5.41, 5.74) is 3.44. The minimum Gasteiger partial charge on any atom is -0.356 e. The Morgan fingerprint density at radius 3 is 2.71 bits per heavy atom. The number of nitrogens with zero attached hydrogens (tertiary/aromatic N) is 2. The molecule has 1 fully saturated rings. The highest BCUT2D eigenvalue weighted by Crippen LogP contribution is 2.36. The monoisotopic (exact) mass is 390 g/mol. The summed E-state index contributed by atoms with van der Waals surface area (Å²) in [7, 11) is 0. The molecule has 0 bridgehead atoms. The standard InChI is InChI=1S/C23H22N2O2S/c1-15-9-11-16(12-10-15)14-19-22(26)25-20(17-6-3-2-4-7-17)18-8-5-13-27-21(18)24-23(25)28-19/h2-4,6-7,9-12,14,18,20-21H,5,8,13H2,1H3/b19-14-. The summed E-state index contributed by atoms with van der Waals surface area (Å²) in [4.78, 5) is 19.0. The van der Waals surface area contributed by atoms with Crippen LogP contribution in [-0.2, 0) is 4.74 Å². The highest BCUT2D eigenvalue weighted by atomic mass is 32.1. The predicted molar refractivity (Wildman–Crippen MR) is 111 cm³/mol. The van der Waals surface area contributed by atoms with Crippen molar-refractivity contribution in [2.75, 3.05) is 6.61 Å². The molecule has 5 heteroatoms. The van der Waals surface area contributed by atoms with E-state index in [4.69, 9.17) is 9.73 Å². The second kappa shape index (κ2) is 7.15. The van der Waals surface area contributed by atoms with Gasteiger partial charge in [0.2, 0.25) is 0 Å². The van der Waals surface area contributed by atoms with Crippen LogP contribution in [0.15, 0.2) is 64.4 Å². The molecule has 142 valence electrons. The van der Waals surface area contributed by atoms with Gasteiger partial charge in [0.25, 0.3) is 5.56 Å². The number of aromatic nitrogens is 1. The first-order valence-electron chi connectivity index (χ1n) is 9.75. The van der Waals surface area contributed by atoms with Crippen LogP contribution in [0, 0.1) is 12.8 Å². The number of rotatable bonds is 2. The van der Waals surface area contributed by atoms with Gasteiger partial charge in [-0.2, -0.15) is 0 Å². The minimum atomic E-state index is -0.163. The zero-order valence-corrected chi connectivity index (χ0v) is 16.6. The van der Waals surface area contributed by atoms with E-state index in [-0.39, 0.29) is 23.7 Å². The second-order valence-electron chi connectivity index (χ2n) is 7.53. The van der Waals surface area contributed by atoms with Gasteiger partial charge in [-0.25, -0.2) is 4.99 Å². The normalized spacial score (nSPS) is 24.3. The maximum atomic E-state index is 13.4. The van der Waals surface area contributed by atoms with Crippen molar-refractivity contribution in [2.45, 2.75) is 32.0 Å². The lowest BCUT2D eigenvalue weighted by Gasteiger charge is -2.38. The molecule has 0 saturated carbocycles. The van der Waals surface area contributed by atoms with E-state index in [0.29, 0.717) is 0 Å². The topological polar surface area (TPSA) is 43.6 Å². The van der Waals surface area contributed by atoms with Gasteiger partial charge in [0.05, 0.1) is 10.6 Å². The van der Waals surface area contributed by atoms with Crippen LogP contribution in [0.2, 0.25) is 0 Å². The first-order valence-corrected chi connectivity index (χ1v) is 10.6. The lowest BCUT2D eigenvalue weighted by molar-refractivity contribution is -0.0436. The predicted octanol–water partition coefficient (Wildman–Crippen LogP) is 3.02. The van der Waals surface area contributed by atoms with Gasteiger partial charge in [-0.1, -0.05) is 71.5 Å². The molecule has 5 rings (SSSR count). The van der Waals surface area contributed by atoms with Crippen LogP contribution in [0.3, 0.4) is 0 Å². The molecule has 2 aromatic carbocycles. The van der Waals surface area contributed by atoms with E-state index >= 15 is 0 Å². The Kier molecular flexibility index (Phi) is 4.49. The Balaban J connectivity index is 1.71. The Labute approximate surface area is 167 Å². The van der Waals surface area contributed by atoms with Gasteiger partial charge >= 0.3 is 0 Å². The molecule has 0 radical (unpaired) electrons. The smallest absolute Gasteiger partial charge is 0.270 e. The summed E-state index contributed by atoms with van der Waals surface area (Å²) >= 11 is 1.46. The lowest BCUT2D eigenvalue weighted by Crippen LogP contribution is -2.47. The Morgan fingerprint density at radius 1 is 1.14 bits per heavy atom. The molecule has 1 aromatic heterocycles.